The van der Waals surface area contributed by atoms with Crippen molar-refractivity contribution < 1.29 is 0 Å². The van der Waals surface area contributed by atoms with Crippen molar-refractivity contribution in [3.8, 4) is 11.1 Å². The zero-order chi connectivity index (χ0) is 18.7. The van der Waals surface area contributed by atoms with Crippen LogP contribution in [-0.4, -0.2) is 0 Å². The molecule has 4 rings (SSSR count). The molecule has 0 atom stereocenters. The quantitative estimate of drug-likeness (QED) is 0.227. The van der Waals surface area contributed by atoms with E-state index in [2.05, 4.69) is 94.8 Å². The summed E-state index contributed by atoms with van der Waals surface area (Å²) in [7, 11) is 0. The predicted molar refractivity (Wildman–Crippen MR) is 118 cm³/mol. The molecule has 2 heteroatoms. The molecule has 0 aliphatic rings. The number of benzene rings is 4. The van der Waals surface area contributed by atoms with Crippen LogP contribution in [0.1, 0.15) is 16.7 Å². The number of nitrogen functional groups attached to an aromatic ring is 1. The summed E-state index contributed by atoms with van der Waals surface area (Å²) < 4.78 is -0.523. The van der Waals surface area contributed by atoms with Gasteiger partial charge in [-0.1, -0.05) is 125 Å². The van der Waals surface area contributed by atoms with E-state index in [9.17, 15) is 0 Å². The third-order valence-electron chi connectivity index (χ3n) is 4.91. The van der Waals surface area contributed by atoms with Crippen LogP contribution < -0.4 is 5.73 Å². The van der Waals surface area contributed by atoms with Crippen molar-refractivity contribution in [3.63, 3.8) is 0 Å². The molecule has 0 heterocycles. The van der Waals surface area contributed by atoms with E-state index in [1.807, 2.05) is 30.3 Å². The van der Waals surface area contributed by atoms with Crippen molar-refractivity contribution in [1.29, 1.82) is 0 Å². The summed E-state index contributed by atoms with van der Waals surface area (Å²) in [5.74, 6) is 0. The first-order valence-electron chi connectivity index (χ1n) is 8.95. The molecule has 0 fully saturated rings. The fourth-order valence-electron chi connectivity index (χ4n) is 3.55. The highest BCUT2D eigenvalue weighted by Crippen LogP contribution is 2.48. The lowest BCUT2D eigenvalue weighted by atomic mass is 9.82. The van der Waals surface area contributed by atoms with Gasteiger partial charge in [0.1, 0.15) is 4.32 Å². The molecule has 132 valence electrons. The molecule has 0 radical (unpaired) electrons. The summed E-state index contributed by atoms with van der Waals surface area (Å²) in [6.07, 6.45) is 0. The average molecular weight is 414 g/mol. The van der Waals surface area contributed by atoms with E-state index in [1.165, 1.54) is 0 Å². The summed E-state index contributed by atoms with van der Waals surface area (Å²) in [5, 5.41) is 0. The number of halogens is 1. The highest BCUT2D eigenvalue weighted by molar-refractivity contribution is 9.10. The smallest absolute Gasteiger partial charge is 0.102 e. The van der Waals surface area contributed by atoms with Crippen molar-refractivity contribution in [2.24, 2.45) is 0 Å². The summed E-state index contributed by atoms with van der Waals surface area (Å²) in [5.41, 5.74) is 13.0. The summed E-state index contributed by atoms with van der Waals surface area (Å²) in [6.45, 7) is 0. The second-order valence-electron chi connectivity index (χ2n) is 6.52. The zero-order valence-electron chi connectivity index (χ0n) is 14.8. The summed E-state index contributed by atoms with van der Waals surface area (Å²) in [4.78, 5) is 0. The molecule has 0 spiro atoms. The molecule has 0 saturated heterocycles. The van der Waals surface area contributed by atoms with Gasteiger partial charge >= 0.3 is 0 Å². The van der Waals surface area contributed by atoms with Gasteiger partial charge in [0, 0.05) is 16.8 Å². The van der Waals surface area contributed by atoms with Gasteiger partial charge in [0.2, 0.25) is 0 Å². The van der Waals surface area contributed by atoms with Crippen molar-refractivity contribution in [1.82, 2.24) is 0 Å². The third kappa shape index (κ3) is 3.17. The average Bonchev–Trinajstić information content (AvgIpc) is 2.75. The van der Waals surface area contributed by atoms with E-state index in [4.69, 9.17) is 5.73 Å². The van der Waals surface area contributed by atoms with Crippen LogP contribution >= 0.6 is 15.9 Å². The number of alkyl halides is 1. The molecule has 0 unspecified atom stereocenters. The Kier molecular flexibility index (Phi) is 4.83. The van der Waals surface area contributed by atoms with Crippen molar-refractivity contribution >= 4 is 21.6 Å². The lowest BCUT2D eigenvalue weighted by molar-refractivity contribution is 0.920. The second kappa shape index (κ2) is 7.42. The van der Waals surface area contributed by atoms with E-state index in [-0.39, 0.29) is 0 Å². The van der Waals surface area contributed by atoms with Crippen LogP contribution in [0.2, 0.25) is 0 Å². The lowest BCUT2D eigenvalue weighted by Crippen LogP contribution is -2.23. The number of hydrogen-bond donors (Lipinski definition) is 1. The molecule has 0 aliphatic heterocycles. The van der Waals surface area contributed by atoms with Gasteiger partial charge in [0.25, 0.3) is 0 Å². The van der Waals surface area contributed by atoms with Crippen LogP contribution in [-0.2, 0) is 4.32 Å². The standard InChI is InChI=1S/C25H20BrN/c26-25(20-13-6-2-7-14-20,21-15-8-3-9-16-21)23-18-10-17-22(24(23)27)19-11-4-1-5-12-19/h1-18H,27H2. The van der Waals surface area contributed by atoms with Crippen LogP contribution in [0, 0.1) is 0 Å². The zero-order valence-corrected chi connectivity index (χ0v) is 16.4. The third-order valence-corrected chi connectivity index (χ3v) is 6.25. The van der Waals surface area contributed by atoms with Gasteiger partial charge in [-0.05, 0) is 16.7 Å². The SMILES string of the molecule is Nc1c(-c2ccccc2)cccc1C(Br)(c1ccccc1)c1ccccc1. The highest BCUT2D eigenvalue weighted by atomic mass is 79.9. The molecular formula is C25H20BrN. The van der Waals surface area contributed by atoms with Gasteiger partial charge in [0.05, 0.1) is 0 Å². The molecule has 1 nitrogen and oxygen atoms in total. The van der Waals surface area contributed by atoms with Gasteiger partial charge in [-0.2, -0.15) is 0 Å². The minimum atomic E-state index is -0.523. The Morgan fingerprint density at radius 1 is 0.556 bits per heavy atom. The van der Waals surface area contributed by atoms with Crippen molar-refractivity contribution in [2.75, 3.05) is 5.73 Å². The van der Waals surface area contributed by atoms with Gasteiger partial charge in [-0.3, -0.25) is 0 Å². The van der Waals surface area contributed by atoms with E-state index >= 15 is 0 Å². The predicted octanol–water partition coefficient (Wildman–Crippen LogP) is 6.62. The minimum Gasteiger partial charge on any atom is -0.398 e. The molecule has 0 saturated carbocycles. The Hall–Kier alpha value is -2.84. The Morgan fingerprint density at radius 2 is 1.04 bits per heavy atom. The Balaban J connectivity index is 1.98. The highest BCUT2D eigenvalue weighted by Gasteiger charge is 2.35. The van der Waals surface area contributed by atoms with E-state index in [0.29, 0.717) is 0 Å². The minimum absolute atomic E-state index is 0.523. The Labute approximate surface area is 168 Å². The van der Waals surface area contributed by atoms with Crippen LogP contribution in [0.15, 0.2) is 109 Å². The molecule has 0 aliphatic carbocycles. The topological polar surface area (TPSA) is 26.0 Å². The fraction of sp³-hybridized carbons (Fsp3) is 0.0400. The van der Waals surface area contributed by atoms with Crippen LogP contribution in [0.5, 0.6) is 0 Å². The number of rotatable bonds is 4. The maximum Gasteiger partial charge on any atom is 0.102 e. The number of para-hydroxylation sites is 1. The molecule has 0 bridgehead atoms. The molecular weight excluding hydrogens is 394 g/mol. The van der Waals surface area contributed by atoms with E-state index in [0.717, 1.165) is 33.5 Å². The Morgan fingerprint density at radius 3 is 1.56 bits per heavy atom. The molecule has 4 aromatic rings. The first-order valence-corrected chi connectivity index (χ1v) is 9.75. The fourth-order valence-corrected chi connectivity index (χ4v) is 4.42. The van der Waals surface area contributed by atoms with Gasteiger partial charge in [-0.15, -0.1) is 0 Å². The van der Waals surface area contributed by atoms with Crippen LogP contribution in [0.3, 0.4) is 0 Å². The summed E-state index contributed by atoms with van der Waals surface area (Å²) >= 11 is 4.09. The number of anilines is 1. The van der Waals surface area contributed by atoms with Crippen molar-refractivity contribution in [3.05, 3.63) is 126 Å². The van der Waals surface area contributed by atoms with Crippen LogP contribution in [0.4, 0.5) is 5.69 Å². The maximum atomic E-state index is 6.75. The monoisotopic (exact) mass is 413 g/mol. The number of hydrogen-bond acceptors (Lipinski definition) is 1. The summed E-state index contributed by atoms with van der Waals surface area (Å²) in [6, 6.07) is 37.4. The lowest BCUT2D eigenvalue weighted by Gasteiger charge is -2.31. The molecule has 2 N–H and O–H groups in total. The van der Waals surface area contributed by atoms with Crippen LogP contribution in [0.25, 0.3) is 11.1 Å². The van der Waals surface area contributed by atoms with Gasteiger partial charge in [0.15, 0.2) is 0 Å². The normalized spacial score (nSPS) is 11.3. The van der Waals surface area contributed by atoms with E-state index in [1.54, 1.807) is 0 Å². The van der Waals surface area contributed by atoms with Crippen molar-refractivity contribution in [2.45, 2.75) is 4.32 Å². The second-order valence-corrected chi connectivity index (χ2v) is 7.71. The first kappa shape index (κ1) is 17.6. The largest absolute Gasteiger partial charge is 0.398 e. The maximum absolute atomic E-state index is 6.75. The molecule has 0 aromatic heterocycles. The molecule has 4 aromatic carbocycles. The van der Waals surface area contributed by atoms with Gasteiger partial charge in [-0.25, -0.2) is 0 Å². The first-order chi connectivity index (χ1) is 13.2. The molecule has 0 amide bonds. The van der Waals surface area contributed by atoms with Gasteiger partial charge < -0.3 is 5.73 Å². The van der Waals surface area contributed by atoms with E-state index < -0.39 is 4.32 Å². The molecule has 27 heavy (non-hydrogen) atoms. The number of nitrogens with two attached hydrogens (primary N) is 1. The Bertz CT molecular complexity index is 988.